The highest BCUT2D eigenvalue weighted by molar-refractivity contribution is 6.30. The fourth-order valence-electron chi connectivity index (χ4n) is 5.04. The van der Waals surface area contributed by atoms with Crippen LogP contribution in [-0.2, 0) is 12.8 Å². The number of nitrogens with zero attached hydrogens (tertiary/aromatic N) is 5. The Morgan fingerprint density at radius 2 is 1.52 bits per heavy atom. The second-order valence-corrected chi connectivity index (χ2v) is 9.26. The summed E-state index contributed by atoms with van der Waals surface area (Å²) in [5, 5.41) is 5.72. The van der Waals surface area contributed by atoms with Crippen LogP contribution in [0.2, 0.25) is 5.02 Å². The van der Waals surface area contributed by atoms with Crippen LogP contribution in [0.1, 0.15) is 24.1 Å². The molecule has 0 bridgehead atoms. The fourth-order valence-corrected chi connectivity index (χ4v) is 5.17. The Morgan fingerprint density at radius 3 is 2.27 bits per heavy atom. The van der Waals surface area contributed by atoms with Crippen molar-refractivity contribution in [1.82, 2.24) is 14.6 Å². The molecule has 1 fully saturated rings. The predicted octanol–water partition coefficient (Wildman–Crippen LogP) is 5.39. The van der Waals surface area contributed by atoms with Crippen molar-refractivity contribution in [2.75, 3.05) is 36.0 Å². The lowest BCUT2D eigenvalue weighted by Gasteiger charge is -2.38. The van der Waals surface area contributed by atoms with Crippen LogP contribution in [-0.4, -0.2) is 40.8 Å². The molecule has 0 atom stereocenters. The Morgan fingerprint density at radius 1 is 0.818 bits per heavy atom. The monoisotopic (exact) mass is 461 g/mol. The smallest absolute Gasteiger partial charge is 0.158 e. The third-order valence-electron chi connectivity index (χ3n) is 6.76. The van der Waals surface area contributed by atoms with Crippen molar-refractivity contribution in [3.05, 3.63) is 76.7 Å². The average Bonchev–Trinajstić information content (AvgIpc) is 3.27. The lowest BCUT2D eigenvalue weighted by molar-refractivity contribution is 0.612. The summed E-state index contributed by atoms with van der Waals surface area (Å²) in [7, 11) is 0. The first-order valence-corrected chi connectivity index (χ1v) is 12.0. The largest absolute Gasteiger partial charge is 0.368 e. The van der Waals surface area contributed by atoms with E-state index in [0.29, 0.717) is 0 Å². The Hall–Kier alpha value is -3.12. The number of halogens is 2. The molecule has 5 nitrogen and oxygen atoms in total. The van der Waals surface area contributed by atoms with Crippen LogP contribution in [0.3, 0.4) is 0 Å². The molecular formula is C26H25ClFN5. The number of fused-ring (bicyclic) bond motifs is 2. The van der Waals surface area contributed by atoms with E-state index in [1.807, 2.05) is 40.9 Å². The first kappa shape index (κ1) is 20.5. The molecule has 2 aromatic heterocycles. The number of benzene rings is 2. The fraction of sp³-hybridized carbons (Fsp3) is 0.308. The third kappa shape index (κ3) is 3.82. The minimum absolute atomic E-state index is 0.196. The topological polar surface area (TPSA) is 36.7 Å². The van der Waals surface area contributed by atoms with Gasteiger partial charge in [-0.05, 0) is 62.1 Å². The number of aromatic nitrogens is 3. The van der Waals surface area contributed by atoms with E-state index < -0.39 is 0 Å². The molecule has 0 amide bonds. The maximum atomic E-state index is 13.3. The number of hydrogen-bond donors (Lipinski definition) is 0. The quantitative estimate of drug-likeness (QED) is 0.409. The van der Waals surface area contributed by atoms with Crippen LogP contribution in [0.25, 0.3) is 16.9 Å². The highest BCUT2D eigenvalue weighted by Gasteiger charge is 2.26. The molecule has 0 unspecified atom stereocenters. The third-order valence-corrected chi connectivity index (χ3v) is 7.01. The van der Waals surface area contributed by atoms with Gasteiger partial charge in [0.2, 0.25) is 0 Å². The Balaban J connectivity index is 1.37. The van der Waals surface area contributed by atoms with Crippen molar-refractivity contribution < 1.29 is 4.39 Å². The molecule has 6 rings (SSSR count). The molecule has 7 heteroatoms. The molecule has 0 radical (unpaired) electrons. The van der Waals surface area contributed by atoms with Crippen LogP contribution in [0.5, 0.6) is 0 Å². The standard InChI is InChI=1S/C26H25ClFN5/c27-19-7-5-18(6-8-19)24-17-25-29-23-4-2-1-3-22(23)26(33(25)30-24)32-15-13-31(14-16-32)21-11-9-20(28)10-12-21/h5-12,17H,1-4,13-16H2. The summed E-state index contributed by atoms with van der Waals surface area (Å²) in [4.78, 5) is 9.79. The first-order valence-electron chi connectivity index (χ1n) is 11.6. The molecule has 1 aliphatic heterocycles. The summed E-state index contributed by atoms with van der Waals surface area (Å²) in [6, 6.07) is 16.7. The summed E-state index contributed by atoms with van der Waals surface area (Å²) in [5.74, 6) is 0.993. The van der Waals surface area contributed by atoms with Crippen molar-refractivity contribution in [1.29, 1.82) is 0 Å². The van der Waals surface area contributed by atoms with Crippen molar-refractivity contribution in [3.8, 4) is 11.3 Å². The van der Waals surface area contributed by atoms with Crippen LogP contribution in [0.15, 0.2) is 54.6 Å². The van der Waals surface area contributed by atoms with Gasteiger partial charge in [-0.1, -0.05) is 23.7 Å². The van der Waals surface area contributed by atoms with E-state index in [1.165, 1.54) is 42.0 Å². The minimum Gasteiger partial charge on any atom is -0.368 e. The van der Waals surface area contributed by atoms with Gasteiger partial charge in [0.25, 0.3) is 0 Å². The average molecular weight is 462 g/mol. The summed E-state index contributed by atoms with van der Waals surface area (Å²) in [6.07, 6.45) is 4.44. The van der Waals surface area contributed by atoms with E-state index >= 15 is 0 Å². The Bertz CT molecular complexity index is 1290. The van der Waals surface area contributed by atoms with Crippen molar-refractivity contribution >= 4 is 28.8 Å². The van der Waals surface area contributed by atoms with E-state index in [1.54, 1.807) is 0 Å². The lowest BCUT2D eigenvalue weighted by Crippen LogP contribution is -2.47. The Labute approximate surface area is 197 Å². The van der Waals surface area contributed by atoms with Gasteiger partial charge in [-0.3, -0.25) is 0 Å². The summed E-state index contributed by atoms with van der Waals surface area (Å²) in [5.41, 5.74) is 6.48. The van der Waals surface area contributed by atoms with Crippen molar-refractivity contribution in [2.45, 2.75) is 25.7 Å². The highest BCUT2D eigenvalue weighted by Crippen LogP contribution is 2.33. The molecule has 33 heavy (non-hydrogen) atoms. The van der Waals surface area contributed by atoms with Crippen molar-refractivity contribution in [2.24, 2.45) is 0 Å². The van der Waals surface area contributed by atoms with Gasteiger partial charge in [-0.15, -0.1) is 0 Å². The van der Waals surface area contributed by atoms with Crippen LogP contribution < -0.4 is 9.80 Å². The summed E-state index contributed by atoms with van der Waals surface area (Å²) < 4.78 is 15.4. The van der Waals surface area contributed by atoms with Crippen LogP contribution in [0.4, 0.5) is 15.9 Å². The molecule has 0 spiro atoms. The van der Waals surface area contributed by atoms with Gasteiger partial charge in [0.1, 0.15) is 11.6 Å². The Kier molecular flexibility index (Phi) is 5.18. The predicted molar refractivity (Wildman–Crippen MR) is 131 cm³/mol. The zero-order chi connectivity index (χ0) is 22.4. The maximum absolute atomic E-state index is 13.3. The number of aryl methyl sites for hydroxylation is 1. The van der Waals surface area contributed by atoms with Gasteiger partial charge in [-0.25, -0.2) is 9.37 Å². The second-order valence-electron chi connectivity index (χ2n) is 8.82. The molecule has 4 aromatic rings. The molecule has 1 saturated heterocycles. The minimum atomic E-state index is -0.196. The number of anilines is 2. The van der Waals surface area contributed by atoms with E-state index in [9.17, 15) is 4.39 Å². The van der Waals surface area contributed by atoms with Crippen LogP contribution in [0, 0.1) is 5.82 Å². The molecule has 3 heterocycles. The molecular weight excluding hydrogens is 437 g/mol. The molecule has 2 aromatic carbocycles. The lowest BCUT2D eigenvalue weighted by atomic mass is 9.96. The van der Waals surface area contributed by atoms with E-state index in [-0.39, 0.29) is 5.82 Å². The van der Waals surface area contributed by atoms with Gasteiger partial charge in [0.05, 0.1) is 5.69 Å². The SMILES string of the molecule is Fc1ccc(N2CCN(c3c4c(nc5cc(-c6ccc(Cl)cc6)nn35)CCCC4)CC2)cc1. The second kappa shape index (κ2) is 8.34. The zero-order valence-corrected chi connectivity index (χ0v) is 19.1. The molecule has 1 aliphatic carbocycles. The van der Waals surface area contributed by atoms with E-state index in [2.05, 4.69) is 15.9 Å². The molecule has 0 N–H and O–H groups in total. The van der Waals surface area contributed by atoms with Crippen molar-refractivity contribution in [3.63, 3.8) is 0 Å². The van der Waals surface area contributed by atoms with Gasteiger partial charge in [0.15, 0.2) is 5.65 Å². The normalized spacial score (nSPS) is 16.3. The van der Waals surface area contributed by atoms with Gasteiger partial charge in [-0.2, -0.15) is 9.61 Å². The molecule has 0 saturated carbocycles. The zero-order valence-electron chi connectivity index (χ0n) is 18.3. The first-order chi connectivity index (χ1) is 16.2. The summed E-state index contributed by atoms with van der Waals surface area (Å²) in [6.45, 7) is 3.54. The van der Waals surface area contributed by atoms with E-state index in [4.69, 9.17) is 21.7 Å². The van der Waals surface area contributed by atoms with E-state index in [0.717, 1.165) is 66.6 Å². The van der Waals surface area contributed by atoms with Crippen LogP contribution >= 0.6 is 11.6 Å². The number of rotatable bonds is 3. The van der Waals surface area contributed by atoms with Gasteiger partial charge >= 0.3 is 0 Å². The number of piperazine rings is 1. The molecule has 168 valence electrons. The molecule has 2 aliphatic rings. The summed E-state index contributed by atoms with van der Waals surface area (Å²) >= 11 is 6.09. The number of hydrogen-bond acceptors (Lipinski definition) is 4. The van der Waals surface area contributed by atoms with Gasteiger partial charge < -0.3 is 9.80 Å². The maximum Gasteiger partial charge on any atom is 0.158 e. The van der Waals surface area contributed by atoms with Gasteiger partial charge in [0, 0.05) is 59.8 Å². The highest BCUT2D eigenvalue weighted by atomic mass is 35.5.